The van der Waals surface area contributed by atoms with Crippen LogP contribution >= 0.6 is 23.1 Å². The molecule has 0 radical (unpaired) electrons. The molecule has 5 rings (SSSR count). The molecule has 0 bridgehead atoms. The number of aromatic nitrogens is 2. The average molecular weight is 463 g/mol. The summed E-state index contributed by atoms with van der Waals surface area (Å²) < 4.78 is 0. The lowest BCUT2D eigenvalue weighted by Crippen LogP contribution is -2.34. The Morgan fingerprint density at radius 1 is 1.09 bits per heavy atom. The molecule has 2 aliphatic rings. The quantitative estimate of drug-likeness (QED) is 0.526. The van der Waals surface area contributed by atoms with Gasteiger partial charge in [-0.15, -0.1) is 23.1 Å². The second-order valence-corrected chi connectivity index (χ2v) is 10.1. The smallest absolute Gasteiger partial charge is 0.254 e. The van der Waals surface area contributed by atoms with Crippen molar-refractivity contribution in [3.05, 3.63) is 71.4 Å². The predicted molar refractivity (Wildman–Crippen MR) is 134 cm³/mol. The lowest BCUT2D eigenvalue weighted by Gasteiger charge is -2.23. The van der Waals surface area contributed by atoms with Crippen molar-refractivity contribution >= 4 is 39.9 Å². The van der Waals surface area contributed by atoms with Gasteiger partial charge in [0.2, 0.25) is 5.95 Å². The number of hydrogen-bond acceptors (Lipinski definition) is 6. The minimum absolute atomic E-state index is 0.144. The van der Waals surface area contributed by atoms with E-state index in [4.69, 9.17) is 4.98 Å². The summed E-state index contributed by atoms with van der Waals surface area (Å²) in [5.74, 6) is 1.86. The number of thioether (sulfide) groups is 1. The van der Waals surface area contributed by atoms with Gasteiger partial charge >= 0.3 is 0 Å². The highest BCUT2D eigenvalue weighted by Crippen LogP contribution is 2.36. The molecule has 0 N–H and O–H groups in total. The topological polar surface area (TPSA) is 49.3 Å². The van der Waals surface area contributed by atoms with Gasteiger partial charge in [0.05, 0.1) is 5.69 Å². The van der Waals surface area contributed by atoms with Gasteiger partial charge in [-0.1, -0.05) is 30.3 Å². The third-order valence-electron chi connectivity index (χ3n) is 6.38. The van der Waals surface area contributed by atoms with Crippen molar-refractivity contribution in [1.29, 1.82) is 0 Å². The van der Waals surface area contributed by atoms with Gasteiger partial charge in [0.15, 0.2) is 0 Å². The second-order valence-electron chi connectivity index (χ2n) is 8.26. The Balaban J connectivity index is 1.29. The number of allylic oxidation sites excluding steroid dienone is 1. The van der Waals surface area contributed by atoms with Crippen LogP contribution in [0, 0.1) is 11.8 Å². The molecular formula is C25H26N4OS2. The summed E-state index contributed by atoms with van der Waals surface area (Å²) in [5.41, 5.74) is 2.81. The fourth-order valence-electron chi connectivity index (χ4n) is 4.82. The first-order valence-corrected chi connectivity index (χ1v) is 13.0. The number of carbonyl (C=O) groups is 1. The number of fused-ring (bicyclic) bond motifs is 1. The second kappa shape index (κ2) is 9.08. The van der Waals surface area contributed by atoms with Gasteiger partial charge in [-0.05, 0) is 36.8 Å². The van der Waals surface area contributed by atoms with Gasteiger partial charge in [-0.2, -0.15) is 0 Å². The molecule has 2 atom stereocenters. The lowest BCUT2D eigenvalue weighted by molar-refractivity contribution is 0.0783. The van der Waals surface area contributed by atoms with Crippen molar-refractivity contribution in [2.45, 2.75) is 6.92 Å². The molecule has 4 heterocycles. The number of likely N-dealkylation sites (tertiary alicyclic amines) is 1. The molecule has 7 heteroatoms. The van der Waals surface area contributed by atoms with Gasteiger partial charge in [0.1, 0.15) is 0 Å². The molecule has 2 unspecified atom stereocenters. The fourth-order valence-corrected chi connectivity index (χ4v) is 6.14. The Morgan fingerprint density at radius 2 is 1.88 bits per heavy atom. The van der Waals surface area contributed by atoms with Crippen LogP contribution in [0.5, 0.6) is 0 Å². The summed E-state index contributed by atoms with van der Waals surface area (Å²) in [7, 11) is 0. The maximum absolute atomic E-state index is 13.4. The van der Waals surface area contributed by atoms with Crippen molar-refractivity contribution in [2.24, 2.45) is 11.8 Å². The summed E-state index contributed by atoms with van der Waals surface area (Å²) in [6.45, 7) is 5.42. The Bertz CT molecular complexity index is 1130. The summed E-state index contributed by atoms with van der Waals surface area (Å²) in [5, 5.41) is 2.06. The highest BCUT2D eigenvalue weighted by Gasteiger charge is 2.42. The van der Waals surface area contributed by atoms with Gasteiger partial charge in [0.25, 0.3) is 5.91 Å². The highest BCUT2D eigenvalue weighted by molar-refractivity contribution is 8.07. The maximum atomic E-state index is 13.4. The molecule has 2 aliphatic heterocycles. The Morgan fingerprint density at radius 3 is 2.56 bits per heavy atom. The van der Waals surface area contributed by atoms with Crippen LogP contribution in [0.15, 0.2) is 60.1 Å². The zero-order chi connectivity index (χ0) is 22.1. The number of anilines is 1. The van der Waals surface area contributed by atoms with E-state index in [0.29, 0.717) is 11.8 Å². The third kappa shape index (κ3) is 3.95. The number of carbonyl (C=O) groups excluding carboxylic acids is 1. The molecule has 1 amide bonds. The maximum Gasteiger partial charge on any atom is 0.254 e. The van der Waals surface area contributed by atoms with Gasteiger partial charge in [0, 0.05) is 65.1 Å². The molecule has 2 aromatic heterocycles. The molecule has 32 heavy (non-hydrogen) atoms. The zero-order valence-electron chi connectivity index (χ0n) is 18.3. The van der Waals surface area contributed by atoms with Crippen LogP contribution in [-0.2, 0) is 0 Å². The first-order chi connectivity index (χ1) is 15.7. The Kier molecular flexibility index (Phi) is 6.02. The van der Waals surface area contributed by atoms with E-state index in [0.717, 1.165) is 58.7 Å². The number of rotatable bonds is 5. The molecule has 164 valence electrons. The zero-order valence-corrected chi connectivity index (χ0v) is 19.9. The molecule has 2 fully saturated rings. The van der Waals surface area contributed by atoms with Gasteiger partial charge < -0.3 is 9.80 Å². The van der Waals surface area contributed by atoms with E-state index in [9.17, 15) is 4.79 Å². The summed E-state index contributed by atoms with van der Waals surface area (Å²) >= 11 is 3.38. The van der Waals surface area contributed by atoms with Gasteiger partial charge in [-0.25, -0.2) is 9.97 Å². The molecule has 0 spiro atoms. The van der Waals surface area contributed by atoms with Gasteiger partial charge in [-0.3, -0.25) is 4.79 Å². The summed E-state index contributed by atoms with van der Waals surface area (Å²) in [6.07, 6.45) is 6.01. The van der Waals surface area contributed by atoms with E-state index in [1.807, 2.05) is 48.4 Å². The van der Waals surface area contributed by atoms with Crippen LogP contribution < -0.4 is 4.90 Å². The number of thiophene rings is 1. The Hall–Kier alpha value is -2.64. The molecule has 5 nitrogen and oxygen atoms in total. The van der Waals surface area contributed by atoms with Crippen molar-refractivity contribution in [2.75, 3.05) is 37.3 Å². The van der Waals surface area contributed by atoms with Crippen molar-refractivity contribution in [3.8, 4) is 10.4 Å². The molecule has 2 saturated heterocycles. The molecule has 3 aromatic rings. The van der Waals surface area contributed by atoms with E-state index in [1.54, 1.807) is 23.1 Å². The monoisotopic (exact) mass is 462 g/mol. The highest BCUT2D eigenvalue weighted by atomic mass is 32.2. The van der Waals surface area contributed by atoms with Crippen molar-refractivity contribution in [1.82, 2.24) is 14.9 Å². The third-order valence-corrected chi connectivity index (χ3v) is 8.17. The fraction of sp³-hybridized carbons (Fsp3) is 0.320. The summed E-state index contributed by atoms with van der Waals surface area (Å²) in [6, 6.07) is 14.1. The van der Waals surface area contributed by atoms with Crippen LogP contribution in [-0.4, -0.2) is 53.2 Å². The number of amides is 1. The first kappa shape index (κ1) is 21.2. The minimum Gasteiger partial charge on any atom is -0.340 e. The SMILES string of the molecule is CC=C(SC)c1ccnc(N2CC3CN(C(=O)c4ccccc4-c4cccs4)CC3C2)n1. The standard InChI is InChI=1S/C25H26N4OS2/c1-3-22(31-2)21-10-11-26-25(27-21)29-15-17-13-28(14-18(17)16-29)24(30)20-8-5-4-7-19(20)23-9-6-12-32-23/h3-12,17-18H,13-16H2,1-2H3. The van der Waals surface area contributed by atoms with E-state index in [2.05, 4.69) is 39.7 Å². The lowest BCUT2D eigenvalue weighted by atomic mass is 10.0. The molecule has 0 aliphatic carbocycles. The molecule has 1 aromatic carbocycles. The average Bonchev–Trinajstić information content (AvgIpc) is 3.56. The number of hydrogen-bond donors (Lipinski definition) is 0. The van der Waals surface area contributed by atoms with E-state index in [1.165, 1.54) is 0 Å². The normalized spacial score (nSPS) is 20.6. The van der Waals surface area contributed by atoms with Crippen LogP contribution in [0.25, 0.3) is 15.3 Å². The number of benzene rings is 1. The summed E-state index contributed by atoms with van der Waals surface area (Å²) in [4.78, 5) is 29.4. The Labute approximate surface area is 197 Å². The van der Waals surface area contributed by atoms with E-state index < -0.39 is 0 Å². The van der Waals surface area contributed by atoms with E-state index in [-0.39, 0.29) is 5.91 Å². The van der Waals surface area contributed by atoms with Crippen LogP contribution in [0.3, 0.4) is 0 Å². The van der Waals surface area contributed by atoms with Crippen LogP contribution in [0.2, 0.25) is 0 Å². The molecular weight excluding hydrogens is 436 g/mol. The predicted octanol–water partition coefficient (Wildman–Crippen LogP) is 5.14. The van der Waals surface area contributed by atoms with Crippen molar-refractivity contribution in [3.63, 3.8) is 0 Å². The van der Waals surface area contributed by atoms with Crippen LogP contribution in [0.4, 0.5) is 5.95 Å². The molecule has 0 saturated carbocycles. The first-order valence-electron chi connectivity index (χ1n) is 10.9. The largest absolute Gasteiger partial charge is 0.340 e. The number of nitrogens with zero attached hydrogens (tertiary/aromatic N) is 4. The van der Waals surface area contributed by atoms with E-state index >= 15 is 0 Å². The van der Waals surface area contributed by atoms with Crippen molar-refractivity contribution < 1.29 is 4.79 Å². The van der Waals surface area contributed by atoms with Crippen LogP contribution in [0.1, 0.15) is 23.0 Å². The minimum atomic E-state index is 0.144.